The number of nitrogens with one attached hydrogen (secondary N) is 1. The molecular weight excluding hydrogens is 475 g/mol. The predicted octanol–water partition coefficient (Wildman–Crippen LogP) is 5.86. The Labute approximate surface area is 206 Å². The van der Waals surface area contributed by atoms with Gasteiger partial charge in [-0.3, -0.25) is 14.9 Å². The van der Waals surface area contributed by atoms with E-state index in [0.29, 0.717) is 27.0 Å². The minimum absolute atomic E-state index is 0.139. The summed E-state index contributed by atoms with van der Waals surface area (Å²) in [7, 11) is 0. The van der Waals surface area contributed by atoms with E-state index in [0.717, 1.165) is 21.6 Å². The summed E-state index contributed by atoms with van der Waals surface area (Å²) in [4.78, 5) is 38.9. The number of halogens is 2. The van der Waals surface area contributed by atoms with Gasteiger partial charge in [0.05, 0.1) is 5.69 Å². The second-order valence-corrected chi connectivity index (χ2v) is 8.74. The monoisotopic (exact) mass is 494 g/mol. The van der Waals surface area contributed by atoms with Crippen molar-refractivity contribution < 1.29 is 19.1 Å². The number of barbiturate groups is 1. The smallest absolute Gasteiger partial charge is 0.335 e. The Morgan fingerprint density at radius 3 is 2.24 bits per heavy atom. The molecule has 3 aromatic carbocycles. The van der Waals surface area contributed by atoms with Gasteiger partial charge in [-0.2, -0.15) is 0 Å². The summed E-state index contributed by atoms with van der Waals surface area (Å²) in [6, 6.07) is 16.6. The molecule has 0 aliphatic carbocycles. The summed E-state index contributed by atoms with van der Waals surface area (Å²) in [5, 5.41) is 3.30. The zero-order chi connectivity index (χ0) is 24.4. The Hall–Kier alpha value is -3.61. The van der Waals surface area contributed by atoms with E-state index in [-0.39, 0.29) is 12.2 Å². The van der Waals surface area contributed by atoms with E-state index < -0.39 is 17.8 Å². The number of ether oxygens (including phenoxy) is 1. The van der Waals surface area contributed by atoms with Gasteiger partial charge in [-0.1, -0.05) is 47.5 Å². The van der Waals surface area contributed by atoms with Gasteiger partial charge in [-0.15, -0.1) is 0 Å². The van der Waals surface area contributed by atoms with Crippen molar-refractivity contribution in [3.63, 3.8) is 0 Å². The summed E-state index contributed by atoms with van der Waals surface area (Å²) in [6.45, 7) is 3.99. The Morgan fingerprint density at radius 2 is 1.59 bits per heavy atom. The summed E-state index contributed by atoms with van der Waals surface area (Å²) >= 11 is 12.1. The Morgan fingerprint density at radius 1 is 0.912 bits per heavy atom. The molecule has 4 rings (SSSR count). The highest BCUT2D eigenvalue weighted by Gasteiger charge is 2.36. The zero-order valence-corrected chi connectivity index (χ0v) is 19.9. The molecule has 1 heterocycles. The van der Waals surface area contributed by atoms with Crippen LogP contribution in [0.25, 0.3) is 6.08 Å². The van der Waals surface area contributed by atoms with Crippen molar-refractivity contribution in [2.75, 3.05) is 4.90 Å². The van der Waals surface area contributed by atoms with Crippen LogP contribution in [0.4, 0.5) is 10.5 Å². The molecule has 3 aromatic rings. The highest BCUT2D eigenvalue weighted by atomic mass is 35.5. The fourth-order valence-corrected chi connectivity index (χ4v) is 4.06. The van der Waals surface area contributed by atoms with Crippen molar-refractivity contribution in [1.29, 1.82) is 0 Å². The second kappa shape index (κ2) is 9.71. The summed E-state index contributed by atoms with van der Waals surface area (Å²) < 4.78 is 5.76. The molecule has 1 aliphatic rings. The van der Waals surface area contributed by atoms with Gasteiger partial charge in [-0.25, -0.2) is 9.69 Å². The normalized spacial score (nSPS) is 15.0. The number of anilines is 1. The molecule has 0 atom stereocenters. The first-order valence-corrected chi connectivity index (χ1v) is 11.1. The standard InChI is InChI=1S/C26H20Cl2N2O4/c1-15-9-16(2)11-20(10-15)30-25(32)22(24(31)29-26(30)33)12-17-3-7-21(8-4-17)34-14-18-5-6-19(27)13-23(18)28/h3-13H,14H2,1-2H3,(H,29,31,33). The molecule has 1 aliphatic heterocycles. The van der Waals surface area contributed by atoms with Crippen LogP contribution in [0, 0.1) is 13.8 Å². The van der Waals surface area contributed by atoms with Gasteiger partial charge in [0.25, 0.3) is 11.8 Å². The number of imide groups is 2. The number of hydrogen-bond acceptors (Lipinski definition) is 4. The van der Waals surface area contributed by atoms with Gasteiger partial charge in [0.15, 0.2) is 0 Å². The molecule has 6 nitrogen and oxygen atoms in total. The first-order valence-electron chi connectivity index (χ1n) is 10.4. The third-order valence-corrected chi connectivity index (χ3v) is 5.75. The Kier molecular flexibility index (Phi) is 6.72. The number of benzene rings is 3. The van der Waals surface area contributed by atoms with Crippen LogP contribution < -0.4 is 15.0 Å². The lowest BCUT2D eigenvalue weighted by atomic mass is 10.1. The predicted molar refractivity (Wildman–Crippen MR) is 132 cm³/mol. The second-order valence-electron chi connectivity index (χ2n) is 7.90. The molecule has 4 amide bonds. The summed E-state index contributed by atoms with van der Waals surface area (Å²) in [6.07, 6.45) is 1.44. The van der Waals surface area contributed by atoms with Crippen molar-refractivity contribution >= 4 is 52.8 Å². The molecule has 0 unspecified atom stereocenters. The van der Waals surface area contributed by atoms with Crippen LogP contribution in [0.2, 0.25) is 10.0 Å². The number of carbonyl (C=O) groups excluding carboxylic acids is 3. The molecule has 34 heavy (non-hydrogen) atoms. The molecule has 0 radical (unpaired) electrons. The van der Waals surface area contributed by atoms with E-state index in [1.54, 1.807) is 54.6 Å². The minimum Gasteiger partial charge on any atom is -0.489 e. The molecule has 172 valence electrons. The topological polar surface area (TPSA) is 75.7 Å². The maximum Gasteiger partial charge on any atom is 0.335 e. The van der Waals surface area contributed by atoms with E-state index >= 15 is 0 Å². The van der Waals surface area contributed by atoms with Crippen molar-refractivity contribution in [1.82, 2.24) is 5.32 Å². The third kappa shape index (κ3) is 5.14. The highest BCUT2D eigenvalue weighted by molar-refractivity contribution is 6.39. The first kappa shape index (κ1) is 23.5. The largest absolute Gasteiger partial charge is 0.489 e. The van der Waals surface area contributed by atoms with Gasteiger partial charge in [-0.05, 0) is 73.0 Å². The van der Waals surface area contributed by atoms with Crippen LogP contribution in [0.3, 0.4) is 0 Å². The van der Waals surface area contributed by atoms with Crippen LogP contribution in [0.5, 0.6) is 5.75 Å². The van der Waals surface area contributed by atoms with Crippen molar-refractivity contribution in [3.05, 3.63) is 98.5 Å². The quantitative estimate of drug-likeness (QED) is 0.356. The van der Waals surface area contributed by atoms with E-state index in [1.807, 2.05) is 19.9 Å². The lowest BCUT2D eigenvalue weighted by Crippen LogP contribution is -2.54. The van der Waals surface area contributed by atoms with Crippen LogP contribution in [-0.4, -0.2) is 17.8 Å². The van der Waals surface area contributed by atoms with Crippen LogP contribution in [0.1, 0.15) is 22.3 Å². The fourth-order valence-electron chi connectivity index (χ4n) is 3.60. The van der Waals surface area contributed by atoms with Gasteiger partial charge < -0.3 is 4.74 Å². The lowest BCUT2D eigenvalue weighted by Gasteiger charge is -2.27. The molecule has 1 fully saturated rings. The van der Waals surface area contributed by atoms with Gasteiger partial charge in [0, 0.05) is 15.6 Å². The van der Waals surface area contributed by atoms with Crippen LogP contribution in [0.15, 0.2) is 66.2 Å². The minimum atomic E-state index is -0.776. The molecule has 0 saturated carbocycles. The SMILES string of the molecule is Cc1cc(C)cc(N2C(=O)NC(=O)C(=Cc3ccc(OCc4ccc(Cl)cc4Cl)cc3)C2=O)c1. The number of rotatable bonds is 5. The van der Waals surface area contributed by atoms with Gasteiger partial charge in [0.2, 0.25) is 0 Å². The highest BCUT2D eigenvalue weighted by Crippen LogP contribution is 2.26. The third-order valence-electron chi connectivity index (χ3n) is 5.17. The Balaban J connectivity index is 1.53. The summed E-state index contributed by atoms with van der Waals surface area (Å²) in [5.74, 6) is -0.843. The van der Waals surface area contributed by atoms with Crippen molar-refractivity contribution in [2.24, 2.45) is 0 Å². The fraction of sp³-hybridized carbons (Fsp3) is 0.115. The number of nitrogens with zero attached hydrogens (tertiary/aromatic N) is 1. The van der Waals surface area contributed by atoms with Crippen LogP contribution >= 0.6 is 23.2 Å². The van der Waals surface area contributed by atoms with E-state index in [4.69, 9.17) is 27.9 Å². The molecule has 1 N–H and O–H groups in total. The maximum atomic E-state index is 13.1. The first-order chi connectivity index (χ1) is 16.2. The molecule has 0 spiro atoms. The van der Waals surface area contributed by atoms with E-state index in [2.05, 4.69) is 5.32 Å². The Bertz CT molecular complexity index is 1310. The van der Waals surface area contributed by atoms with Crippen molar-refractivity contribution in [2.45, 2.75) is 20.5 Å². The summed E-state index contributed by atoms with van der Waals surface area (Å²) in [5.41, 5.74) is 3.45. The lowest BCUT2D eigenvalue weighted by molar-refractivity contribution is -0.122. The number of urea groups is 1. The average molecular weight is 495 g/mol. The van der Waals surface area contributed by atoms with Crippen LogP contribution in [-0.2, 0) is 16.2 Å². The van der Waals surface area contributed by atoms with Gasteiger partial charge >= 0.3 is 6.03 Å². The molecule has 8 heteroatoms. The molecule has 1 saturated heterocycles. The maximum absolute atomic E-state index is 13.1. The number of amides is 4. The number of hydrogen-bond donors (Lipinski definition) is 1. The number of aryl methyl sites for hydroxylation is 2. The van der Waals surface area contributed by atoms with Crippen molar-refractivity contribution in [3.8, 4) is 5.75 Å². The molecule has 0 bridgehead atoms. The van der Waals surface area contributed by atoms with Gasteiger partial charge in [0.1, 0.15) is 17.9 Å². The zero-order valence-electron chi connectivity index (χ0n) is 18.4. The molecular formula is C26H20Cl2N2O4. The van der Waals surface area contributed by atoms with E-state index in [1.165, 1.54) is 6.08 Å². The van der Waals surface area contributed by atoms with E-state index in [9.17, 15) is 14.4 Å². The number of carbonyl (C=O) groups is 3. The average Bonchev–Trinajstić information content (AvgIpc) is 2.76. The molecule has 0 aromatic heterocycles.